The first-order chi connectivity index (χ1) is 13.6. The summed E-state index contributed by atoms with van der Waals surface area (Å²) in [6.45, 7) is 0. The van der Waals surface area contributed by atoms with Crippen LogP contribution in [0.4, 0.5) is 17.3 Å². The molecular formula is C20H18N4O4. The minimum Gasteiger partial charge on any atom is -0.497 e. The zero-order valence-corrected chi connectivity index (χ0v) is 15.3. The molecule has 0 fully saturated rings. The van der Waals surface area contributed by atoms with Crippen molar-refractivity contribution in [3.05, 3.63) is 72.1 Å². The molecule has 1 aromatic heterocycles. The van der Waals surface area contributed by atoms with Crippen molar-refractivity contribution >= 4 is 29.2 Å². The number of esters is 1. The molecule has 8 heteroatoms. The van der Waals surface area contributed by atoms with Crippen LogP contribution in [0.3, 0.4) is 0 Å². The molecule has 0 spiro atoms. The molecule has 0 saturated heterocycles. The Morgan fingerprint density at radius 1 is 0.964 bits per heavy atom. The number of hydrogen-bond acceptors (Lipinski definition) is 7. The highest BCUT2D eigenvalue weighted by Gasteiger charge is 2.11. The topological polar surface area (TPSA) is 102 Å². The lowest BCUT2D eigenvalue weighted by atomic mass is 10.2. The number of nitrogens with zero attached hydrogens (tertiary/aromatic N) is 2. The maximum atomic E-state index is 12.5. The van der Waals surface area contributed by atoms with Gasteiger partial charge in [0.05, 0.1) is 19.8 Å². The Bertz CT molecular complexity index is 1010. The second-order valence-corrected chi connectivity index (χ2v) is 5.65. The van der Waals surface area contributed by atoms with Crippen molar-refractivity contribution in [2.45, 2.75) is 0 Å². The number of hydrogen-bond donors (Lipinski definition) is 2. The van der Waals surface area contributed by atoms with Gasteiger partial charge >= 0.3 is 5.97 Å². The van der Waals surface area contributed by atoms with Crippen molar-refractivity contribution < 1.29 is 19.1 Å². The fraction of sp³-hybridized carbons (Fsp3) is 0.100. The van der Waals surface area contributed by atoms with Gasteiger partial charge in [0, 0.05) is 23.6 Å². The Balaban J connectivity index is 1.75. The molecule has 0 saturated carbocycles. The third-order valence-corrected chi connectivity index (χ3v) is 3.76. The van der Waals surface area contributed by atoms with Crippen LogP contribution in [0.25, 0.3) is 0 Å². The zero-order valence-electron chi connectivity index (χ0n) is 15.3. The molecule has 3 aromatic rings. The molecule has 28 heavy (non-hydrogen) atoms. The molecule has 0 aliphatic carbocycles. The summed E-state index contributed by atoms with van der Waals surface area (Å²) in [4.78, 5) is 32.4. The second-order valence-electron chi connectivity index (χ2n) is 5.65. The smallest absolute Gasteiger partial charge is 0.337 e. The Hall–Kier alpha value is -3.94. The van der Waals surface area contributed by atoms with Gasteiger partial charge < -0.3 is 20.1 Å². The van der Waals surface area contributed by atoms with Crippen LogP contribution in [-0.4, -0.2) is 36.1 Å². The molecule has 142 valence electrons. The van der Waals surface area contributed by atoms with Crippen LogP contribution in [0.2, 0.25) is 0 Å². The molecule has 8 nitrogen and oxygen atoms in total. The van der Waals surface area contributed by atoms with Crippen molar-refractivity contribution in [2.24, 2.45) is 0 Å². The van der Waals surface area contributed by atoms with Crippen LogP contribution in [-0.2, 0) is 4.74 Å². The van der Waals surface area contributed by atoms with Gasteiger partial charge in [0.1, 0.15) is 11.4 Å². The summed E-state index contributed by atoms with van der Waals surface area (Å²) in [5, 5.41) is 5.73. The fourth-order valence-electron chi connectivity index (χ4n) is 2.41. The van der Waals surface area contributed by atoms with E-state index < -0.39 is 5.97 Å². The Morgan fingerprint density at radius 2 is 1.75 bits per heavy atom. The van der Waals surface area contributed by atoms with Gasteiger partial charge in [-0.2, -0.15) is 0 Å². The van der Waals surface area contributed by atoms with Crippen molar-refractivity contribution in [1.29, 1.82) is 0 Å². The summed E-state index contributed by atoms with van der Waals surface area (Å²) >= 11 is 0. The minimum atomic E-state index is -0.448. The number of ether oxygens (including phenoxy) is 2. The lowest BCUT2D eigenvalue weighted by molar-refractivity contribution is 0.0600. The van der Waals surface area contributed by atoms with E-state index in [1.54, 1.807) is 55.6 Å². The largest absolute Gasteiger partial charge is 0.497 e. The number of methoxy groups -OCH3 is 2. The van der Waals surface area contributed by atoms with Gasteiger partial charge in [-0.1, -0.05) is 12.1 Å². The van der Waals surface area contributed by atoms with Crippen LogP contribution in [0.5, 0.6) is 5.75 Å². The van der Waals surface area contributed by atoms with Gasteiger partial charge in [-0.3, -0.25) is 4.79 Å². The summed E-state index contributed by atoms with van der Waals surface area (Å²) in [5.74, 6) is 0.0200. The average molecular weight is 378 g/mol. The lowest BCUT2D eigenvalue weighted by Crippen LogP contribution is -2.14. The van der Waals surface area contributed by atoms with E-state index in [1.165, 1.54) is 19.4 Å². The van der Waals surface area contributed by atoms with Crippen molar-refractivity contribution in [1.82, 2.24) is 9.97 Å². The number of nitrogens with one attached hydrogen (secondary N) is 2. The zero-order chi connectivity index (χ0) is 19.9. The van der Waals surface area contributed by atoms with E-state index in [-0.39, 0.29) is 17.5 Å². The van der Waals surface area contributed by atoms with E-state index in [9.17, 15) is 9.59 Å². The summed E-state index contributed by atoms with van der Waals surface area (Å²) in [6.07, 6.45) is 1.47. The third kappa shape index (κ3) is 4.61. The van der Waals surface area contributed by atoms with E-state index in [0.29, 0.717) is 22.7 Å². The lowest BCUT2D eigenvalue weighted by Gasteiger charge is -2.09. The van der Waals surface area contributed by atoms with Crippen LogP contribution in [0, 0.1) is 0 Å². The molecule has 0 radical (unpaired) electrons. The molecular weight excluding hydrogens is 360 g/mol. The summed E-state index contributed by atoms with van der Waals surface area (Å²) in [6, 6.07) is 15.2. The average Bonchev–Trinajstić information content (AvgIpc) is 2.73. The Kier molecular flexibility index (Phi) is 5.81. The summed E-state index contributed by atoms with van der Waals surface area (Å²) in [5.41, 5.74) is 1.75. The quantitative estimate of drug-likeness (QED) is 0.635. The normalized spacial score (nSPS) is 10.1. The number of carbonyl (C=O) groups excluding carboxylic acids is 2. The monoisotopic (exact) mass is 378 g/mol. The van der Waals surface area contributed by atoms with E-state index >= 15 is 0 Å². The van der Waals surface area contributed by atoms with E-state index in [1.807, 2.05) is 0 Å². The van der Waals surface area contributed by atoms with Crippen molar-refractivity contribution in [2.75, 3.05) is 24.9 Å². The molecule has 1 heterocycles. The highest BCUT2D eigenvalue weighted by atomic mass is 16.5. The predicted molar refractivity (Wildman–Crippen MR) is 104 cm³/mol. The molecule has 1 amide bonds. The number of benzene rings is 2. The van der Waals surface area contributed by atoms with Crippen LogP contribution < -0.4 is 15.4 Å². The number of rotatable bonds is 6. The highest BCUT2D eigenvalue weighted by molar-refractivity contribution is 6.03. The highest BCUT2D eigenvalue weighted by Crippen LogP contribution is 2.18. The minimum absolute atomic E-state index is 0.185. The molecule has 0 bridgehead atoms. The van der Waals surface area contributed by atoms with Gasteiger partial charge in [-0.15, -0.1) is 0 Å². The van der Waals surface area contributed by atoms with Crippen LogP contribution in [0.15, 0.2) is 60.8 Å². The first-order valence-electron chi connectivity index (χ1n) is 8.33. The fourth-order valence-corrected chi connectivity index (χ4v) is 2.41. The number of anilines is 3. The molecule has 0 aliphatic rings. The van der Waals surface area contributed by atoms with Gasteiger partial charge in [-0.05, 0) is 36.4 Å². The predicted octanol–water partition coefficient (Wildman–Crippen LogP) is 3.27. The van der Waals surface area contributed by atoms with Crippen LogP contribution in [0.1, 0.15) is 20.8 Å². The number of aromatic nitrogens is 2. The summed E-state index contributed by atoms with van der Waals surface area (Å²) in [7, 11) is 2.87. The van der Waals surface area contributed by atoms with Gasteiger partial charge in [-0.25, -0.2) is 14.8 Å². The number of amides is 1. The molecule has 2 N–H and O–H groups in total. The maximum Gasteiger partial charge on any atom is 0.337 e. The van der Waals surface area contributed by atoms with Gasteiger partial charge in [0.2, 0.25) is 5.95 Å². The molecule has 3 rings (SSSR count). The Morgan fingerprint density at radius 3 is 2.54 bits per heavy atom. The maximum absolute atomic E-state index is 12.5. The third-order valence-electron chi connectivity index (χ3n) is 3.76. The van der Waals surface area contributed by atoms with Crippen molar-refractivity contribution in [3.63, 3.8) is 0 Å². The molecule has 0 unspecified atom stereocenters. The standard InChI is InChI=1S/C20H18N4O4/c1-27-16-8-4-7-15(12-16)22-18(25)17-9-10-21-20(24-17)23-14-6-3-5-13(11-14)19(26)28-2/h3-12H,1-2H3,(H,22,25)(H,21,23,24). The second kappa shape index (κ2) is 8.63. The number of carbonyl (C=O) groups is 2. The Labute approximate surface area is 161 Å². The van der Waals surface area contributed by atoms with E-state index in [4.69, 9.17) is 9.47 Å². The first-order valence-corrected chi connectivity index (χ1v) is 8.33. The molecule has 2 aromatic carbocycles. The molecule has 0 aliphatic heterocycles. The van der Waals surface area contributed by atoms with Gasteiger partial charge in [0.15, 0.2) is 0 Å². The van der Waals surface area contributed by atoms with E-state index in [0.717, 1.165) is 0 Å². The van der Waals surface area contributed by atoms with Crippen molar-refractivity contribution in [3.8, 4) is 5.75 Å². The van der Waals surface area contributed by atoms with Gasteiger partial charge in [0.25, 0.3) is 5.91 Å². The summed E-state index contributed by atoms with van der Waals surface area (Å²) < 4.78 is 9.85. The SMILES string of the molecule is COC(=O)c1cccc(Nc2nccc(C(=O)Nc3cccc(OC)c3)n2)c1. The molecule has 0 atom stereocenters. The van der Waals surface area contributed by atoms with Crippen LogP contribution >= 0.6 is 0 Å². The first kappa shape index (κ1) is 18.8. The van der Waals surface area contributed by atoms with E-state index in [2.05, 4.69) is 20.6 Å².